The number of allylic oxidation sites excluding steroid dienone is 1. The van der Waals surface area contributed by atoms with Gasteiger partial charge in [0.25, 0.3) is 5.91 Å². The van der Waals surface area contributed by atoms with Gasteiger partial charge in [0.1, 0.15) is 12.4 Å². The molecule has 2 N–H and O–H groups in total. The second kappa shape index (κ2) is 11.9. The van der Waals surface area contributed by atoms with Gasteiger partial charge in [-0.15, -0.1) is 0 Å². The third-order valence-corrected chi connectivity index (χ3v) is 6.06. The van der Waals surface area contributed by atoms with Crippen LogP contribution in [-0.4, -0.2) is 42.9 Å². The maximum absolute atomic E-state index is 12.7. The molecule has 7 heteroatoms. The van der Waals surface area contributed by atoms with Crippen LogP contribution >= 0.6 is 0 Å². The highest BCUT2D eigenvalue weighted by Gasteiger charge is 2.20. The lowest BCUT2D eigenvalue weighted by molar-refractivity contribution is 0.0697. The Kier molecular flexibility index (Phi) is 8.15. The number of carboxylic acids is 1. The predicted octanol–water partition coefficient (Wildman–Crippen LogP) is 5.34. The first-order valence-corrected chi connectivity index (χ1v) is 12.0. The van der Waals surface area contributed by atoms with Crippen LogP contribution in [0.15, 0.2) is 96.2 Å². The lowest BCUT2D eigenvalue weighted by Crippen LogP contribution is -2.32. The molecule has 1 aliphatic heterocycles. The smallest absolute Gasteiger partial charge is 0.336 e. The second-order valence-corrected chi connectivity index (χ2v) is 8.68. The number of aliphatic imine (C=N–C) groups is 1. The van der Waals surface area contributed by atoms with Crippen molar-refractivity contribution in [1.82, 2.24) is 5.32 Å². The molecule has 37 heavy (non-hydrogen) atoms. The van der Waals surface area contributed by atoms with E-state index in [-0.39, 0.29) is 11.5 Å². The molecule has 1 aliphatic rings. The SMILES string of the molecule is C=CN=C/C=C(\C)CNC(=O)c1ccc2c(c1)OCCN2Cc1ccc(-c2ccccc2C(=O)O)cc1. The zero-order chi connectivity index (χ0) is 26.2. The number of benzene rings is 3. The van der Waals surface area contributed by atoms with E-state index in [1.807, 2.05) is 55.5 Å². The molecule has 4 rings (SSSR count). The van der Waals surface area contributed by atoms with Crippen molar-refractivity contribution in [2.45, 2.75) is 13.5 Å². The third kappa shape index (κ3) is 6.32. The molecule has 3 aromatic carbocycles. The highest BCUT2D eigenvalue weighted by atomic mass is 16.5. The molecular formula is C30H29N3O4. The van der Waals surface area contributed by atoms with Crippen molar-refractivity contribution in [2.24, 2.45) is 4.99 Å². The van der Waals surface area contributed by atoms with Gasteiger partial charge in [-0.1, -0.05) is 54.6 Å². The Morgan fingerprint density at radius 3 is 2.68 bits per heavy atom. The van der Waals surface area contributed by atoms with Gasteiger partial charge >= 0.3 is 5.97 Å². The molecule has 0 atom stereocenters. The van der Waals surface area contributed by atoms with Crippen LogP contribution < -0.4 is 15.0 Å². The molecule has 0 bridgehead atoms. The first-order valence-electron chi connectivity index (χ1n) is 12.0. The van der Waals surface area contributed by atoms with Gasteiger partial charge in [0.15, 0.2) is 0 Å². The largest absolute Gasteiger partial charge is 0.490 e. The van der Waals surface area contributed by atoms with Gasteiger partial charge in [-0.25, -0.2) is 4.79 Å². The van der Waals surface area contributed by atoms with Gasteiger partial charge in [0, 0.05) is 31.1 Å². The number of carbonyl (C=O) groups excluding carboxylic acids is 1. The molecule has 0 radical (unpaired) electrons. The van der Waals surface area contributed by atoms with Gasteiger partial charge < -0.3 is 20.1 Å². The molecule has 0 saturated carbocycles. The summed E-state index contributed by atoms with van der Waals surface area (Å²) >= 11 is 0. The summed E-state index contributed by atoms with van der Waals surface area (Å²) < 4.78 is 5.87. The van der Waals surface area contributed by atoms with E-state index in [1.165, 1.54) is 6.20 Å². The zero-order valence-corrected chi connectivity index (χ0v) is 20.7. The molecule has 0 saturated heterocycles. The number of aromatic carboxylic acids is 1. The van der Waals surface area contributed by atoms with Crippen LogP contribution in [0.5, 0.6) is 5.75 Å². The Hall–Kier alpha value is -4.65. The fourth-order valence-corrected chi connectivity index (χ4v) is 4.13. The summed E-state index contributed by atoms with van der Waals surface area (Å²) in [6.45, 7) is 7.77. The van der Waals surface area contributed by atoms with Crippen LogP contribution in [0.4, 0.5) is 5.69 Å². The fraction of sp³-hybridized carbons (Fsp3) is 0.167. The summed E-state index contributed by atoms with van der Waals surface area (Å²) in [6.07, 6.45) is 4.92. The first-order chi connectivity index (χ1) is 18.0. The second-order valence-electron chi connectivity index (χ2n) is 8.68. The van der Waals surface area contributed by atoms with Gasteiger partial charge in [-0.2, -0.15) is 0 Å². The average Bonchev–Trinajstić information content (AvgIpc) is 2.92. The molecule has 0 spiro atoms. The third-order valence-electron chi connectivity index (χ3n) is 6.06. The maximum atomic E-state index is 12.7. The normalized spacial score (nSPS) is 13.1. The molecule has 0 unspecified atom stereocenters. The van der Waals surface area contributed by atoms with E-state index in [1.54, 1.807) is 30.5 Å². The van der Waals surface area contributed by atoms with Gasteiger partial charge in [0.05, 0.1) is 17.8 Å². The number of anilines is 1. The summed E-state index contributed by atoms with van der Waals surface area (Å²) in [4.78, 5) is 30.4. The van der Waals surface area contributed by atoms with Crippen LogP contribution in [0, 0.1) is 0 Å². The topological polar surface area (TPSA) is 91.2 Å². The average molecular weight is 496 g/mol. The lowest BCUT2D eigenvalue weighted by atomic mass is 9.98. The van der Waals surface area contributed by atoms with Crippen LogP contribution in [0.3, 0.4) is 0 Å². The van der Waals surface area contributed by atoms with Crippen LogP contribution in [0.25, 0.3) is 11.1 Å². The number of nitrogens with one attached hydrogen (secondary N) is 1. The van der Waals surface area contributed by atoms with E-state index in [0.29, 0.717) is 36.6 Å². The Morgan fingerprint density at radius 2 is 1.92 bits per heavy atom. The number of fused-ring (bicyclic) bond motifs is 1. The van der Waals surface area contributed by atoms with Crippen molar-refractivity contribution in [3.8, 4) is 16.9 Å². The van der Waals surface area contributed by atoms with Crippen LogP contribution in [-0.2, 0) is 6.54 Å². The van der Waals surface area contributed by atoms with Crippen molar-refractivity contribution in [1.29, 1.82) is 0 Å². The monoisotopic (exact) mass is 495 g/mol. The minimum absolute atomic E-state index is 0.172. The number of rotatable bonds is 9. The van der Waals surface area contributed by atoms with Gasteiger partial charge in [-0.3, -0.25) is 9.79 Å². The Balaban J connectivity index is 1.44. The highest BCUT2D eigenvalue weighted by Crippen LogP contribution is 2.34. The van der Waals surface area contributed by atoms with Crippen molar-refractivity contribution in [3.05, 3.63) is 108 Å². The van der Waals surface area contributed by atoms with E-state index >= 15 is 0 Å². The van der Waals surface area contributed by atoms with Crippen molar-refractivity contribution in [2.75, 3.05) is 24.6 Å². The fourth-order valence-electron chi connectivity index (χ4n) is 4.13. The molecule has 0 fully saturated rings. The summed E-state index contributed by atoms with van der Waals surface area (Å²) in [5, 5.41) is 12.4. The Labute approximate surface area is 216 Å². The molecule has 188 valence electrons. The van der Waals surface area contributed by atoms with Crippen LogP contribution in [0.1, 0.15) is 33.2 Å². The van der Waals surface area contributed by atoms with E-state index in [2.05, 4.69) is 21.8 Å². The maximum Gasteiger partial charge on any atom is 0.336 e. The van der Waals surface area contributed by atoms with Crippen molar-refractivity contribution >= 4 is 23.8 Å². The lowest BCUT2D eigenvalue weighted by Gasteiger charge is -2.31. The van der Waals surface area contributed by atoms with E-state index in [9.17, 15) is 14.7 Å². The standard InChI is InChI=1S/C30H29N3O4/c1-3-31-15-14-21(2)19-32-29(34)24-12-13-27-28(18-24)37-17-16-33(27)20-22-8-10-23(11-9-22)25-6-4-5-7-26(25)30(35)36/h3-15,18H,1,16-17,19-20H2,2H3,(H,32,34)(H,35,36)/b21-14+,31-15?. The molecular weight excluding hydrogens is 466 g/mol. The summed E-state index contributed by atoms with van der Waals surface area (Å²) in [5.41, 5.74) is 5.36. The number of ether oxygens (including phenoxy) is 1. The number of hydrogen-bond donors (Lipinski definition) is 2. The molecule has 0 aliphatic carbocycles. The zero-order valence-electron chi connectivity index (χ0n) is 20.7. The molecule has 1 amide bonds. The van der Waals surface area contributed by atoms with Crippen molar-refractivity contribution < 1.29 is 19.4 Å². The predicted molar refractivity (Wildman–Crippen MR) is 147 cm³/mol. The minimum Gasteiger partial charge on any atom is -0.490 e. The van der Waals surface area contributed by atoms with Crippen LogP contribution in [0.2, 0.25) is 0 Å². The number of carbonyl (C=O) groups is 2. The number of amides is 1. The number of hydrogen-bond acceptors (Lipinski definition) is 5. The quantitative estimate of drug-likeness (QED) is 0.391. The van der Waals surface area contributed by atoms with Gasteiger partial charge in [0.2, 0.25) is 0 Å². The summed E-state index contributed by atoms with van der Waals surface area (Å²) in [6, 6.07) is 20.4. The van der Waals surface area contributed by atoms with Crippen molar-refractivity contribution in [3.63, 3.8) is 0 Å². The van der Waals surface area contributed by atoms with E-state index < -0.39 is 5.97 Å². The first kappa shape index (κ1) is 25.4. The highest BCUT2D eigenvalue weighted by molar-refractivity contribution is 5.96. The van der Waals surface area contributed by atoms with E-state index in [4.69, 9.17) is 4.74 Å². The minimum atomic E-state index is -0.942. The molecule has 7 nitrogen and oxygen atoms in total. The number of nitrogens with zero attached hydrogens (tertiary/aromatic N) is 2. The molecule has 0 aromatic heterocycles. The molecule has 1 heterocycles. The summed E-state index contributed by atoms with van der Waals surface area (Å²) in [5.74, 6) is -0.437. The van der Waals surface area contributed by atoms with E-state index in [0.717, 1.165) is 28.9 Å². The summed E-state index contributed by atoms with van der Waals surface area (Å²) in [7, 11) is 0. The molecule has 3 aromatic rings. The number of carboxylic acid groups (broad SMARTS) is 1. The van der Waals surface area contributed by atoms with Gasteiger partial charge in [-0.05, 0) is 54.0 Å². The Morgan fingerprint density at radius 1 is 1.14 bits per heavy atom. The Bertz CT molecular complexity index is 1360.